The molecule has 0 fully saturated rings. The number of methoxy groups -OCH3 is 2. The van der Waals surface area contributed by atoms with Crippen LogP contribution in [0.15, 0.2) is 42.5 Å². The minimum atomic E-state index is -0.218. The number of amides is 1. The Balaban J connectivity index is 1.69. The first-order valence-electron chi connectivity index (χ1n) is 8.05. The number of ether oxygens (including phenoxy) is 2. The van der Waals surface area contributed by atoms with Crippen molar-refractivity contribution in [3.63, 3.8) is 0 Å². The molecule has 0 saturated carbocycles. The summed E-state index contributed by atoms with van der Waals surface area (Å²) in [5, 5.41) is 2.97. The van der Waals surface area contributed by atoms with E-state index in [2.05, 4.69) is 15.3 Å². The smallest absolute Gasteiger partial charge is 0.225 e. The molecular formula is C19H21N3O3. The summed E-state index contributed by atoms with van der Waals surface area (Å²) in [5.74, 6) is 1.95. The van der Waals surface area contributed by atoms with Crippen molar-refractivity contribution in [3.8, 4) is 11.5 Å². The zero-order valence-corrected chi connectivity index (χ0v) is 14.5. The minimum Gasteiger partial charge on any atom is -0.497 e. The second-order valence-corrected chi connectivity index (χ2v) is 5.78. The number of carbonyl (C=O) groups is 1. The molecule has 0 unspecified atom stereocenters. The molecule has 0 bridgehead atoms. The Morgan fingerprint density at radius 2 is 2.00 bits per heavy atom. The summed E-state index contributed by atoms with van der Waals surface area (Å²) in [7, 11) is 3.17. The van der Waals surface area contributed by atoms with Gasteiger partial charge in [0.2, 0.25) is 5.91 Å². The lowest BCUT2D eigenvalue weighted by Crippen LogP contribution is -2.28. The Morgan fingerprint density at radius 3 is 2.72 bits per heavy atom. The molecule has 0 saturated heterocycles. The van der Waals surface area contributed by atoms with Crippen LogP contribution in [0.5, 0.6) is 11.5 Å². The van der Waals surface area contributed by atoms with E-state index in [4.69, 9.17) is 9.47 Å². The summed E-state index contributed by atoms with van der Waals surface area (Å²) in [6, 6.07) is 13.0. The van der Waals surface area contributed by atoms with Gasteiger partial charge in [0.05, 0.1) is 37.7 Å². The highest BCUT2D eigenvalue weighted by Gasteiger charge is 2.15. The summed E-state index contributed by atoms with van der Waals surface area (Å²) >= 11 is 0. The first kappa shape index (κ1) is 16.8. The number of carbonyl (C=O) groups excluding carboxylic acids is 1. The fourth-order valence-corrected chi connectivity index (χ4v) is 2.71. The van der Waals surface area contributed by atoms with Crippen molar-refractivity contribution in [2.75, 3.05) is 14.2 Å². The fourth-order valence-electron chi connectivity index (χ4n) is 2.71. The van der Waals surface area contributed by atoms with Crippen LogP contribution in [-0.2, 0) is 11.2 Å². The molecule has 1 atom stereocenters. The number of hydrogen-bond acceptors (Lipinski definition) is 4. The molecule has 0 spiro atoms. The van der Waals surface area contributed by atoms with Crippen LogP contribution >= 0.6 is 0 Å². The van der Waals surface area contributed by atoms with E-state index >= 15 is 0 Å². The summed E-state index contributed by atoms with van der Waals surface area (Å²) in [5.41, 5.74) is 2.64. The van der Waals surface area contributed by atoms with Crippen LogP contribution < -0.4 is 14.8 Å². The van der Waals surface area contributed by atoms with E-state index in [9.17, 15) is 4.79 Å². The second-order valence-electron chi connectivity index (χ2n) is 5.78. The SMILES string of the molecule is COc1ccc(CC(=O)N[C@@H](C)c2nc3ccccc3[nH]2)c(OC)c1. The number of para-hydroxylation sites is 2. The topological polar surface area (TPSA) is 76.2 Å². The maximum absolute atomic E-state index is 12.4. The summed E-state index contributed by atoms with van der Waals surface area (Å²) in [6.07, 6.45) is 0.220. The van der Waals surface area contributed by atoms with Gasteiger partial charge in [-0.1, -0.05) is 18.2 Å². The molecule has 25 heavy (non-hydrogen) atoms. The molecule has 0 aliphatic heterocycles. The molecule has 2 N–H and O–H groups in total. The van der Waals surface area contributed by atoms with Crippen LogP contribution in [0.25, 0.3) is 11.0 Å². The molecule has 6 heteroatoms. The number of H-pyrrole nitrogens is 1. The van der Waals surface area contributed by atoms with Gasteiger partial charge < -0.3 is 19.8 Å². The lowest BCUT2D eigenvalue weighted by molar-refractivity contribution is -0.121. The number of nitrogens with one attached hydrogen (secondary N) is 2. The normalized spacial score (nSPS) is 12.0. The minimum absolute atomic E-state index is 0.101. The van der Waals surface area contributed by atoms with E-state index in [0.29, 0.717) is 11.5 Å². The molecular weight excluding hydrogens is 318 g/mol. The van der Waals surface area contributed by atoms with Crippen molar-refractivity contribution in [3.05, 3.63) is 53.9 Å². The third-order valence-electron chi connectivity index (χ3n) is 4.04. The highest BCUT2D eigenvalue weighted by Crippen LogP contribution is 2.25. The van der Waals surface area contributed by atoms with Crippen molar-refractivity contribution in [1.82, 2.24) is 15.3 Å². The maximum Gasteiger partial charge on any atom is 0.225 e. The molecule has 1 amide bonds. The Bertz CT molecular complexity index is 856. The predicted octanol–water partition coefficient (Wildman–Crippen LogP) is 3.00. The van der Waals surface area contributed by atoms with Crippen molar-refractivity contribution < 1.29 is 14.3 Å². The molecule has 0 aliphatic carbocycles. The van der Waals surface area contributed by atoms with Gasteiger partial charge in [-0.05, 0) is 25.1 Å². The summed E-state index contributed by atoms with van der Waals surface area (Å²) in [4.78, 5) is 20.1. The maximum atomic E-state index is 12.4. The number of aromatic nitrogens is 2. The molecule has 0 aliphatic rings. The van der Waals surface area contributed by atoms with E-state index in [1.165, 1.54) is 0 Å². The largest absolute Gasteiger partial charge is 0.497 e. The standard InChI is InChI=1S/C19H21N3O3/c1-12(19-21-15-6-4-5-7-16(15)22-19)20-18(23)10-13-8-9-14(24-2)11-17(13)25-3/h4-9,11-12H,10H2,1-3H3,(H,20,23)(H,21,22)/t12-/m0/s1. The molecule has 1 aromatic heterocycles. The van der Waals surface area contributed by atoms with E-state index in [1.807, 2.05) is 43.3 Å². The number of benzene rings is 2. The van der Waals surface area contributed by atoms with Crippen molar-refractivity contribution in [2.24, 2.45) is 0 Å². The number of aromatic amines is 1. The van der Waals surface area contributed by atoms with E-state index in [1.54, 1.807) is 20.3 Å². The van der Waals surface area contributed by atoms with Crippen molar-refractivity contribution >= 4 is 16.9 Å². The van der Waals surface area contributed by atoms with Gasteiger partial charge in [-0.15, -0.1) is 0 Å². The van der Waals surface area contributed by atoms with Gasteiger partial charge in [-0.2, -0.15) is 0 Å². The number of nitrogens with zero attached hydrogens (tertiary/aromatic N) is 1. The second kappa shape index (κ2) is 7.25. The predicted molar refractivity (Wildman–Crippen MR) is 95.9 cm³/mol. The van der Waals surface area contributed by atoms with Crippen LogP contribution in [0, 0.1) is 0 Å². The van der Waals surface area contributed by atoms with E-state index < -0.39 is 0 Å². The molecule has 3 rings (SSSR count). The first-order chi connectivity index (χ1) is 12.1. The van der Waals surface area contributed by atoms with E-state index in [-0.39, 0.29) is 18.4 Å². The van der Waals surface area contributed by atoms with Gasteiger partial charge in [0.15, 0.2) is 0 Å². The molecule has 1 heterocycles. The number of fused-ring (bicyclic) bond motifs is 1. The van der Waals surface area contributed by atoms with Crippen LogP contribution in [0.2, 0.25) is 0 Å². The number of rotatable bonds is 6. The summed E-state index contributed by atoms with van der Waals surface area (Å²) < 4.78 is 10.5. The van der Waals surface area contributed by atoms with Crippen LogP contribution in [0.4, 0.5) is 0 Å². The molecule has 2 aromatic carbocycles. The first-order valence-corrected chi connectivity index (χ1v) is 8.05. The van der Waals surface area contributed by atoms with Gasteiger partial charge in [0, 0.05) is 11.6 Å². The Hall–Kier alpha value is -3.02. The Morgan fingerprint density at radius 1 is 1.20 bits per heavy atom. The quantitative estimate of drug-likeness (QED) is 0.724. The van der Waals surface area contributed by atoms with Gasteiger partial charge in [0.1, 0.15) is 17.3 Å². The molecule has 130 valence electrons. The fraction of sp³-hybridized carbons (Fsp3) is 0.263. The lowest BCUT2D eigenvalue weighted by atomic mass is 10.1. The van der Waals surface area contributed by atoms with Crippen molar-refractivity contribution in [2.45, 2.75) is 19.4 Å². The number of imidazole rings is 1. The zero-order valence-electron chi connectivity index (χ0n) is 14.5. The zero-order chi connectivity index (χ0) is 17.8. The van der Waals surface area contributed by atoms with Crippen LogP contribution in [-0.4, -0.2) is 30.1 Å². The monoisotopic (exact) mass is 339 g/mol. The highest BCUT2D eigenvalue weighted by atomic mass is 16.5. The van der Waals surface area contributed by atoms with Gasteiger partial charge in [-0.3, -0.25) is 4.79 Å². The average molecular weight is 339 g/mol. The third-order valence-corrected chi connectivity index (χ3v) is 4.04. The number of hydrogen-bond donors (Lipinski definition) is 2. The van der Waals surface area contributed by atoms with Gasteiger partial charge in [-0.25, -0.2) is 4.98 Å². The van der Waals surface area contributed by atoms with E-state index in [0.717, 1.165) is 22.4 Å². The lowest BCUT2D eigenvalue weighted by Gasteiger charge is -2.13. The van der Waals surface area contributed by atoms with Gasteiger partial charge >= 0.3 is 0 Å². The van der Waals surface area contributed by atoms with Crippen LogP contribution in [0.3, 0.4) is 0 Å². The Labute approximate surface area is 146 Å². The Kier molecular flexibility index (Phi) is 4.88. The third kappa shape index (κ3) is 3.74. The summed E-state index contributed by atoms with van der Waals surface area (Å²) in [6.45, 7) is 1.90. The average Bonchev–Trinajstić information content (AvgIpc) is 3.06. The highest BCUT2D eigenvalue weighted by molar-refractivity contribution is 5.80. The van der Waals surface area contributed by atoms with Crippen LogP contribution in [0.1, 0.15) is 24.4 Å². The van der Waals surface area contributed by atoms with Gasteiger partial charge in [0.25, 0.3) is 0 Å². The molecule has 3 aromatic rings. The molecule has 0 radical (unpaired) electrons. The van der Waals surface area contributed by atoms with Crippen molar-refractivity contribution in [1.29, 1.82) is 0 Å². The molecule has 6 nitrogen and oxygen atoms in total.